The van der Waals surface area contributed by atoms with E-state index in [0.29, 0.717) is 18.3 Å². The Labute approximate surface area is 160 Å². The fraction of sp³-hybridized carbons (Fsp3) is 0.476. The second-order valence-corrected chi connectivity index (χ2v) is 7.43. The maximum absolute atomic E-state index is 12.3. The van der Waals surface area contributed by atoms with Crippen LogP contribution in [0.3, 0.4) is 0 Å². The van der Waals surface area contributed by atoms with E-state index in [2.05, 4.69) is 34.4 Å². The molecule has 0 radical (unpaired) electrons. The smallest absolute Gasteiger partial charge is 0.313 e. The molecule has 27 heavy (non-hydrogen) atoms. The number of aromatic nitrogens is 1. The molecule has 1 fully saturated rings. The number of fused-ring (bicyclic) bond motifs is 1. The number of carbonyl (C=O) groups is 2. The summed E-state index contributed by atoms with van der Waals surface area (Å²) >= 11 is 0. The van der Waals surface area contributed by atoms with Crippen molar-refractivity contribution in [2.45, 2.75) is 52.1 Å². The standard InChI is InChI=1S/C21H28N4O2/c1-14-9-10-18(17-8-6-11-22-19(14)17)24-21(27)20(26)23-13-16(3)25-12-5-4-7-15(25)2/h6,8-11,15-16H,4-5,7,12-13H2,1-3H3,(H,23,26)(H,24,27)/t15-,16+/m0/s1. The van der Waals surface area contributed by atoms with Gasteiger partial charge in [-0.05, 0) is 63.9 Å². The third-order valence-electron chi connectivity index (χ3n) is 5.40. The van der Waals surface area contributed by atoms with Crippen molar-refractivity contribution in [3.05, 3.63) is 36.0 Å². The Hall–Kier alpha value is -2.47. The highest BCUT2D eigenvalue weighted by molar-refractivity contribution is 6.40. The monoisotopic (exact) mass is 368 g/mol. The number of aryl methyl sites for hydroxylation is 1. The minimum absolute atomic E-state index is 0.210. The van der Waals surface area contributed by atoms with Crippen LogP contribution in [0.2, 0.25) is 0 Å². The summed E-state index contributed by atoms with van der Waals surface area (Å²) in [6.07, 6.45) is 5.36. The van der Waals surface area contributed by atoms with Crippen LogP contribution in [0, 0.1) is 6.92 Å². The van der Waals surface area contributed by atoms with E-state index in [0.717, 1.165) is 23.0 Å². The van der Waals surface area contributed by atoms with Gasteiger partial charge in [-0.2, -0.15) is 0 Å². The number of nitrogens with zero attached hydrogens (tertiary/aromatic N) is 2. The van der Waals surface area contributed by atoms with Crippen molar-refractivity contribution in [2.75, 3.05) is 18.4 Å². The molecule has 1 aliphatic rings. The van der Waals surface area contributed by atoms with Crippen LogP contribution in [0.1, 0.15) is 38.7 Å². The lowest BCUT2D eigenvalue weighted by Gasteiger charge is -2.38. The van der Waals surface area contributed by atoms with Gasteiger partial charge in [-0.15, -0.1) is 0 Å². The number of amides is 2. The molecule has 2 aromatic rings. The maximum Gasteiger partial charge on any atom is 0.313 e. The van der Waals surface area contributed by atoms with Crippen LogP contribution in [-0.2, 0) is 9.59 Å². The Morgan fingerprint density at radius 1 is 1.26 bits per heavy atom. The van der Waals surface area contributed by atoms with Gasteiger partial charge in [0.25, 0.3) is 0 Å². The molecule has 2 amide bonds. The van der Waals surface area contributed by atoms with Crippen molar-refractivity contribution in [1.29, 1.82) is 0 Å². The van der Waals surface area contributed by atoms with Crippen LogP contribution in [0.25, 0.3) is 10.9 Å². The number of anilines is 1. The molecular formula is C21H28N4O2. The number of hydrogen-bond donors (Lipinski definition) is 2. The number of pyridine rings is 1. The first-order chi connectivity index (χ1) is 13.0. The van der Waals surface area contributed by atoms with Crippen molar-refractivity contribution in [1.82, 2.24) is 15.2 Å². The van der Waals surface area contributed by atoms with E-state index in [1.165, 1.54) is 19.3 Å². The van der Waals surface area contributed by atoms with Crippen molar-refractivity contribution >= 4 is 28.4 Å². The van der Waals surface area contributed by atoms with Crippen molar-refractivity contribution in [3.8, 4) is 0 Å². The molecular weight excluding hydrogens is 340 g/mol. The zero-order valence-electron chi connectivity index (χ0n) is 16.3. The van der Waals surface area contributed by atoms with Gasteiger partial charge in [-0.25, -0.2) is 0 Å². The average Bonchev–Trinajstić information content (AvgIpc) is 2.68. The topological polar surface area (TPSA) is 74.3 Å². The van der Waals surface area contributed by atoms with Crippen LogP contribution in [-0.4, -0.2) is 46.9 Å². The second-order valence-electron chi connectivity index (χ2n) is 7.43. The molecule has 144 valence electrons. The summed E-state index contributed by atoms with van der Waals surface area (Å²) < 4.78 is 0. The fourth-order valence-corrected chi connectivity index (χ4v) is 3.82. The van der Waals surface area contributed by atoms with E-state index < -0.39 is 11.8 Å². The molecule has 1 aromatic carbocycles. The fourth-order valence-electron chi connectivity index (χ4n) is 3.82. The molecule has 1 aromatic heterocycles. The number of carbonyl (C=O) groups excluding carboxylic acids is 2. The molecule has 0 bridgehead atoms. The zero-order chi connectivity index (χ0) is 19.4. The van der Waals surface area contributed by atoms with Gasteiger partial charge in [-0.3, -0.25) is 19.5 Å². The van der Waals surface area contributed by atoms with E-state index in [1.54, 1.807) is 6.20 Å². The average molecular weight is 368 g/mol. The Kier molecular flexibility index (Phi) is 6.06. The largest absolute Gasteiger partial charge is 0.346 e. The molecule has 6 heteroatoms. The quantitative estimate of drug-likeness (QED) is 0.814. The summed E-state index contributed by atoms with van der Waals surface area (Å²) in [5.41, 5.74) is 2.45. The Balaban J connectivity index is 1.60. The number of benzene rings is 1. The SMILES string of the molecule is Cc1ccc(NC(=O)C(=O)NC[C@@H](C)N2CCCC[C@@H]2C)c2cccnc12. The summed E-state index contributed by atoms with van der Waals surface area (Å²) in [7, 11) is 0. The highest BCUT2D eigenvalue weighted by atomic mass is 16.2. The van der Waals surface area contributed by atoms with Gasteiger partial charge in [-0.1, -0.05) is 12.5 Å². The summed E-state index contributed by atoms with van der Waals surface area (Å²) in [4.78, 5) is 31.4. The van der Waals surface area contributed by atoms with E-state index in [1.807, 2.05) is 31.2 Å². The second kappa shape index (κ2) is 8.48. The lowest BCUT2D eigenvalue weighted by atomic mass is 10.0. The maximum atomic E-state index is 12.3. The van der Waals surface area contributed by atoms with Gasteiger partial charge in [0.2, 0.25) is 0 Å². The zero-order valence-corrected chi connectivity index (χ0v) is 16.3. The first-order valence-electron chi connectivity index (χ1n) is 9.66. The predicted octanol–water partition coefficient (Wildman–Crippen LogP) is 2.86. The molecule has 0 spiro atoms. The van der Waals surface area contributed by atoms with Crippen LogP contribution in [0.5, 0.6) is 0 Å². The van der Waals surface area contributed by atoms with Gasteiger partial charge in [0.05, 0.1) is 11.2 Å². The first-order valence-corrected chi connectivity index (χ1v) is 9.66. The molecule has 0 unspecified atom stereocenters. The lowest BCUT2D eigenvalue weighted by molar-refractivity contribution is -0.136. The van der Waals surface area contributed by atoms with Crippen molar-refractivity contribution < 1.29 is 9.59 Å². The number of likely N-dealkylation sites (tertiary alicyclic amines) is 1. The third kappa shape index (κ3) is 4.45. The summed E-state index contributed by atoms with van der Waals surface area (Å²) in [6.45, 7) is 7.80. The Morgan fingerprint density at radius 3 is 2.85 bits per heavy atom. The highest BCUT2D eigenvalue weighted by Gasteiger charge is 2.24. The van der Waals surface area contributed by atoms with Crippen LogP contribution < -0.4 is 10.6 Å². The molecule has 0 aliphatic carbocycles. The van der Waals surface area contributed by atoms with Gasteiger partial charge in [0, 0.05) is 30.2 Å². The molecule has 1 saturated heterocycles. The van der Waals surface area contributed by atoms with E-state index in [4.69, 9.17) is 0 Å². The minimum atomic E-state index is -0.650. The highest BCUT2D eigenvalue weighted by Crippen LogP contribution is 2.24. The minimum Gasteiger partial charge on any atom is -0.346 e. The molecule has 2 N–H and O–H groups in total. The van der Waals surface area contributed by atoms with Crippen LogP contribution in [0.15, 0.2) is 30.5 Å². The van der Waals surface area contributed by atoms with Gasteiger partial charge in [0.1, 0.15) is 0 Å². The summed E-state index contributed by atoms with van der Waals surface area (Å²) in [5.74, 6) is -1.26. The van der Waals surface area contributed by atoms with E-state index in [9.17, 15) is 9.59 Å². The Morgan fingerprint density at radius 2 is 2.07 bits per heavy atom. The Bertz CT molecular complexity index is 836. The molecule has 0 saturated carbocycles. The van der Waals surface area contributed by atoms with Crippen LogP contribution in [0.4, 0.5) is 5.69 Å². The molecule has 2 atom stereocenters. The van der Waals surface area contributed by atoms with Gasteiger partial charge < -0.3 is 10.6 Å². The van der Waals surface area contributed by atoms with E-state index in [-0.39, 0.29) is 6.04 Å². The van der Waals surface area contributed by atoms with Crippen molar-refractivity contribution in [3.63, 3.8) is 0 Å². The number of hydrogen-bond acceptors (Lipinski definition) is 4. The molecule has 1 aliphatic heterocycles. The lowest BCUT2D eigenvalue weighted by Crippen LogP contribution is -2.49. The van der Waals surface area contributed by atoms with Gasteiger partial charge in [0.15, 0.2) is 0 Å². The molecule has 3 rings (SSSR count). The number of rotatable bonds is 4. The normalized spacial score (nSPS) is 18.9. The summed E-state index contributed by atoms with van der Waals surface area (Å²) in [6, 6.07) is 8.14. The van der Waals surface area contributed by atoms with E-state index >= 15 is 0 Å². The number of nitrogens with one attached hydrogen (secondary N) is 2. The third-order valence-corrected chi connectivity index (χ3v) is 5.40. The predicted molar refractivity (Wildman–Crippen MR) is 108 cm³/mol. The number of piperidine rings is 1. The van der Waals surface area contributed by atoms with Crippen molar-refractivity contribution in [2.24, 2.45) is 0 Å². The first kappa shape index (κ1) is 19.3. The van der Waals surface area contributed by atoms with Crippen LogP contribution >= 0.6 is 0 Å². The van der Waals surface area contributed by atoms with Gasteiger partial charge >= 0.3 is 11.8 Å². The summed E-state index contributed by atoms with van der Waals surface area (Å²) in [5, 5.41) is 6.32. The molecule has 6 nitrogen and oxygen atoms in total. The molecule has 2 heterocycles.